The van der Waals surface area contributed by atoms with Crippen molar-refractivity contribution in [1.29, 1.82) is 5.41 Å². The molecule has 4 heterocycles. The Morgan fingerprint density at radius 1 is 1.44 bits per heavy atom. The summed E-state index contributed by atoms with van der Waals surface area (Å²) in [5, 5.41) is 19.6. The first-order valence-corrected chi connectivity index (χ1v) is 8.98. The molecule has 1 saturated heterocycles. The van der Waals surface area contributed by atoms with Gasteiger partial charge in [0.2, 0.25) is 0 Å². The predicted octanol–water partition coefficient (Wildman–Crippen LogP) is 2.48. The normalized spacial score (nSPS) is 17.1. The van der Waals surface area contributed by atoms with Crippen molar-refractivity contribution in [3.8, 4) is 0 Å². The molecule has 0 unspecified atom stereocenters. The summed E-state index contributed by atoms with van der Waals surface area (Å²) in [5.41, 5.74) is 3.05. The van der Waals surface area contributed by atoms with Crippen molar-refractivity contribution < 1.29 is 0 Å². The number of anilines is 1. The van der Waals surface area contributed by atoms with Gasteiger partial charge in [-0.1, -0.05) is 6.07 Å². The molecule has 0 aromatic carbocycles. The third-order valence-electron chi connectivity index (χ3n) is 4.37. The van der Waals surface area contributed by atoms with Crippen LogP contribution in [0.2, 0.25) is 0 Å². The SMILES string of the molecule is N=C(c1cc(NCc2cccnc2)n2ncc(Br)c2n1)[C@H]1CCNC1. The zero-order chi connectivity index (χ0) is 17.2. The maximum absolute atomic E-state index is 8.53. The summed E-state index contributed by atoms with van der Waals surface area (Å²) in [6, 6.07) is 5.84. The van der Waals surface area contributed by atoms with Gasteiger partial charge >= 0.3 is 0 Å². The van der Waals surface area contributed by atoms with Gasteiger partial charge in [-0.2, -0.15) is 9.61 Å². The summed E-state index contributed by atoms with van der Waals surface area (Å²) in [6.45, 7) is 2.42. The molecule has 3 N–H and O–H groups in total. The van der Waals surface area contributed by atoms with E-state index in [0.717, 1.165) is 35.4 Å². The maximum atomic E-state index is 8.53. The zero-order valence-electron chi connectivity index (χ0n) is 13.5. The smallest absolute Gasteiger partial charge is 0.172 e. The first-order valence-electron chi connectivity index (χ1n) is 8.19. The largest absolute Gasteiger partial charge is 0.366 e. The number of nitrogens with zero attached hydrogens (tertiary/aromatic N) is 4. The molecule has 3 aromatic heterocycles. The van der Waals surface area contributed by atoms with E-state index in [1.54, 1.807) is 16.9 Å². The van der Waals surface area contributed by atoms with Gasteiger partial charge in [-0.25, -0.2) is 4.98 Å². The van der Waals surface area contributed by atoms with Gasteiger partial charge in [0.05, 0.1) is 22.1 Å². The van der Waals surface area contributed by atoms with E-state index in [1.807, 2.05) is 24.4 Å². The minimum absolute atomic E-state index is 0.211. The second-order valence-corrected chi connectivity index (χ2v) is 6.93. The number of halogens is 1. The minimum Gasteiger partial charge on any atom is -0.366 e. The van der Waals surface area contributed by atoms with Crippen LogP contribution < -0.4 is 10.6 Å². The van der Waals surface area contributed by atoms with Crippen LogP contribution in [0.5, 0.6) is 0 Å². The number of aromatic nitrogens is 4. The molecule has 0 saturated carbocycles. The average Bonchev–Trinajstić information content (AvgIpc) is 3.30. The van der Waals surface area contributed by atoms with Crippen LogP contribution in [0.1, 0.15) is 17.7 Å². The maximum Gasteiger partial charge on any atom is 0.172 e. The van der Waals surface area contributed by atoms with Crippen molar-refractivity contribution in [1.82, 2.24) is 24.9 Å². The van der Waals surface area contributed by atoms with Gasteiger partial charge in [0.1, 0.15) is 5.82 Å². The topological polar surface area (TPSA) is 91.0 Å². The summed E-state index contributed by atoms with van der Waals surface area (Å²) < 4.78 is 2.57. The van der Waals surface area contributed by atoms with Gasteiger partial charge in [-0.05, 0) is 40.5 Å². The van der Waals surface area contributed by atoms with E-state index in [4.69, 9.17) is 5.41 Å². The summed E-state index contributed by atoms with van der Waals surface area (Å²) in [5.74, 6) is 1.02. The highest BCUT2D eigenvalue weighted by atomic mass is 79.9. The highest BCUT2D eigenvalue weighted by Gasteiger charge is 2.23. The lowest BCUT2D eigenvalue weighted by Crippen LogP contribution is -2.20. The van der Waals surface area contributed by atoms with Crippen LogP contribution in [0.25, 0.3) is 5.65 Å². The van der Waals surface area contributed by atoms with Gasteiger partial charge in [0, 0.05) is 37.5 Å². The molecule has 8 heteroatoms. The molecule has 0 bridgehead atoms. The number of hydrogen-bond acceptors (Lipinski definition) is 6. The van der Waals surface area contributed by atoms with E-state index < -0.39 is 0 Å². The van der Waals surface area contributed by atoms with Crippen molar-refractivity contribution in [2.24, 2.45) is 5.92 Å². The Morgan fingerprint density at radius 2 is 2.36 bits per heavy atom. The fraction of sp³-hybridized carbons (Fsp3) is 0.294. The Labute approximate surface area is 153 Å². The minimum atomic E-state index is 0.211. The summed E-state index contributed by atoms with van der Waals surface area (Å²) in [4.78, 5) is 8.78. The van der Waals surface area contributed by atoms with Crippen molar-refractivity contribution in [3.63, 3.8) is 0 Å². The average molecular weight is 400 g/mol. The molecule has 1 aliphatic heterocycles. The standard InChI is InChI=1S/C17H18BrN7/c18-13-10-23-25-15(22-8-11-2-1-4-20-7-11)6-14(24-17(13)25)16(19)12-3-5-21-9-12/h1-2,4,6-7,10,12,19,21-22H,3,5,8-9H2/t12-/m0/s1. The van der Waals surface area contributed by atoms with Gasteiger partial charge in [0.15, 0.2) is 5.65 Å². The lowest BCUT2D eigenvalue weighted by Gasteiger charge is -2.14. The van der Waals surface area contributed by atoms with Gasteiger partial charge in [-0.15, -0.1) is 0 Å². The fourth-order valence-corrected chi connectivity index (χ4v) is 3.35. The molecule has 4 rings (SSSR count). The highest BCUT2D eigenvalue weighted by molar-refractivity contribution is 9.10. The van der Waals surface area contributed by atoms with E-state index in [0.29, 0.717) is 23.6 Å². The van der Waals surface area contributed by atoms with Crippen LogP contribution in [0.3, 0.4) is 0 Å². The van der Waals surface area contributed by atoms with E-state index in [9.17, 15) is 0 Å². The fourth-order valence-electron chi connectivity index (χ4n) is 3.01. The number of hydrogen-bond donors (Lipinski definition) is 3. The second-order valence-electron chi connectivity index (χ2n) is 6.07. The highest BCUT2D eigenvalue weighted by Crippen LogP contribution is 2.23. The van der Waals surface area contributed by atoms with Crippen molar-refractivity contribution in [3.05, 3.63) is 52.5 Å². The molecule has 1 aliphatic rings. The molecule has 1 fully saturated rings. The summed E-state index contributed by atoms with van der Waals surface area (Å²) >= 11 is 3.50. The molecule has 7 nitrogen and oxygen atoms in total. The quantitative estimate of drug-likeness (QED) is 0.573. The monoisotopic (exact) mass is 399 g/mol. The van der Waals surface area contributed by atoms with E-state index >= 15 is 0 Å². The molecule has 128 valence electrons. The number of nitrogens with one attached hydrogen (secondary N) is 3. The summed E-state index contributed by atoms with van der Waals surface area (Å²) in [7, 11) is 0. The number of rotatable bonds is 5. The van der Waals surface area contributed by atoms with Crippen LogP contribution in [0, 0.1) is 11.3 Å². The van der Waals surface area contributed by atoms with E-state index in [1.165, 1.54) is 0 Å². The Hall–Kier alpha value is -2.32. The van der Waals surface area contributed by atoms with Crippen LogP contribution in [-0.4, -0.2) is 38.4 Å². The molecule has 3 aromatic rings. The molecule has 0 aliphatic carbocycles. The zero-order valence-corrected chi connectivity index (χ0v) is 15.1. The van der Waals surface area contributed by atoms with Gasteiger partial charge in [0.25, 0.3) is 0 Å². The van der Waals surface area contributed by atoms with Crippen molar-refractivity contribution in [2.75, 3.05) is 18.4 Å². The molecule has 0 spiro atoms. The van der Waals surface area contributed by atoms with Gasteiger partial charge < -0.3 is 16.0 Å². The molecule has 0 radical (unpaired) electrons. The van der Waals surface area contributed by atoms with Crippen LogP contribution in [0.15, 0.2) is 41.3 Å². The second kappa shape index (κ2) is 6.89. The Kier molecular flexibility index (Phi) is 4.46. The molecular weight excluding hydrogens is 382 g/mol. The first kappa shape index (κ1) is 16.2. The van der Waals surface area contributed by atoms with Crippen LogP contribution in [0.4, 0.5) is 5.82 Å². The van der Waals surface area contributed by atoms with Crippen LogP contribution in [-0.2, 0) is 6.54 Å². The number of fused-ring (bicyclic) bond motifs is 1. The lowest BCUT2D eigenvalue weighted by molar-refractivity contribution is 0.764. The summed E-state index contributed by atoms with van der Waals surface area (Å²) in [6.07, 6.45) is 6.29. The molecular formula is C17H18BrN7. The third-order valence-corrected chi connectivity index (χ3v) is 4.93. The number of pyridine rings is 1. The van der Waals surface area contributed by atoms with Crippen molar-refractivity contribution >= 4 is 33.1 Å². The Balaban J connectivity index is 1.68. The Bertz CT molecular complexity index is 900. The van der Waals surface area contributed by atoms with E-state index in [2.05, 4.69) is 41.6 Å². The lowest BCUT2D eigenvalue weighted by atomic mass is 10.00. The predicted molar refractivity (Wildman–Crippen MR) is 100 cm³/mol. The molecule has 1 atom stereocenters. The first-order chi connectivity index (χ1) is 12.2. The van der Waals surface area contributed by atoms with E-state index in [-0.39, 0.29) is 5.92 Å². The third kappa shape index (κ3) is 3.27. The Morgan fingerprint density at radius 3 is 3.12 bits per heavy atom. The van der Waals surface area contributed by atoms with Gasteiger partial charge in [-0.3, -0.25) is 4.98 Å². The van der Waals surface area contributed by atoms with Crippen LogP contribution >= 0.6 is 15.9 Å². The molecule has 0 amide bonds. The van der Waals surface area contributed by atoms with Crippen molar-refractivity contribution in [2.45, 2.75) is 13.0 Å². The molecule has 25 heavy (non-hydrogen) atoms.